The number of rotatable bonds is 4. The van der Waals surface area contributed by atoms with Gasteiger partial charge in [-0.2, -0.15) is 0 Å². The molecule has 1 amide bonds. The molecule has 132 valence electrons. The largest absolute Gasteiger partial charge is 0.340 e. The van der Waals surface area contributed by atoms with E-state index in [0.717, 1.165) is 43.8 Å². The van der Waals surface area contributed by atoms with E-state index in [1.165, 1.54) is 10.9 Å². The lowest BCUT2D eigenvalue weighted by molar-refractivity contribution is -0.132. The van der Waals surface area contributed by atoms with Crippen LogP contribution in [0.1, 0.15) is 11.1 Å². The predicted octanol–water partition coefficient (Wildman–Crippen LogP) is 2.52. The van der Waals surface area contributed by atoms with Gasteiger partial charge in [-0.25, -0.2) is 0 Å². The minimum absolute atomic E-state index is 0.185. The number of hydrogen-bond acceptors (Lipinski definition) is 4. The Morgan fingerprint density at radius 3 is 2.62 bits per heavy atom. The van der Waals surface area contributed by atoms with Gasteiger partial charge >= 0.3 is 0 Å². The van der Waals surface area contributed by atoms with E-state index in [9.17, 15) is 4.79 Å². The van der Waals surface area contributed by atoms with Crippen molar-refractivity contribution in [2.24, 2.45) is 0 Å². The number of fused-ring (bicyclic) bond motifs is 1. The highest BCUT2D eigenvalue weighted by atomic mass is 16.2. The Balaban J connectivity index is 1.32. The first kappa shape index (κ1) is 16.7. The van der Waals surface area contributed by atoms with Gasteiger partial charge in [-0.3, -0.25) is 19.7 Å². The van der Waals surface area contributed by atoms with Gasteiger partial charge in [0.2, 0.25) is 5.91 Å². The molecule has 1 aliphatic heterocycles. The summed E-state index contributed by atoms with van der Waals surface area (Å²) < 4.78 is 0. The summed E-state index contributed by atoms with van der Waals surface area (Å²) >= 11 is 0. The van der Waals surface area contributed by atoms with Crippen molar-refractivity contribution in [3.05, 3.63) is 72.2 Å². The highest BCUT2D eigenvalue weighted by Gasteiger charge is 2.21. The molecule has 3 heterocycles. The zero-order chi connectivity index (χ0) is 17.8. The average Bonchev–Trinajstić information content (AvgIpc) is 2.69. The van der Waals surface area contributed by atoms with Crippen LogP contribution in [0.5, 0.6) is 0 Å². The highest BCUT2D eigenvalue weighted by molar-refractivity contribution is 5.79. The Hall–Kier alpha value is -2.79. The maximum Gasteiger partial charge on any atom is 0.227 e. The fraction of sp³-hybridized carbons (Fsp3) is 0.286. The predicted molar refractivity (Wildman–Crippen MR) is 102 cm³/mol. The van der Waals surface area contributed by atoms with E-state index in [4.69, 9.17) is 0 Å². The van der Waals surface area contributed by atoms with E-state index in [1.54, 1.807) is 12.4 Å². The van der Waals surface area contributed by atoms with E-state index in [-0.39, 0.29) is 5.91 Å². The maximum absolute atomic E-state index is 12.4. The van der Waals surface area contributed by atoms with Gasteiger partial charge in [0.05, 0.1) is 11.9 Å². The van der Waals surface area contributed by atoms with Crippen molar-refractivity contribution in [3.8, 4) is 0 Å². The zero-order valence-electron chi connectivity index (χ0n) is 14.7. The lowest BCUT2D eigenvalue weighted by Gasteiger charge is -2.34. The number of nitrogens with zero attached hydrogens (tertiary/aromatic N) is 4. The SMILES string of the molecule is O=C(Cc1cccnc1)N1CCN(Cc2cnc3ccccc3c2)CC1. The molecule has 5 nitrogen and oxygen atoms in total. The van der Waals surface area contributed by atoms with Crippen LogP contribution in [-0.4, -0.2) is 51.9 Å². The molecule has 2 aromatic heterocycles. The first-order valence-corrected chi connectivity index (χ1v) is 9.01. The van der Waals surface area contributed by atoms with Crippen LogP contribution in [0.15, 0.2) is 61.1 Å². The van der Waals surface area contributed by atoms with Crippen molar-refractivity contribution in [1.82, 2.24) is 19.8 Å². The molecule has 0 radical (unpaired) electrons. The van der Waals surface area contributed by atoms with Crippen molar-refractivity contribution in [3.63, 3.8) is 0 Å². The number of piperazine rings is 1. The number of carbonyl (C=O) groups excluding carboxylic acids is 1. The number of aromatic nitrogens is 2. The van der Waals surface area contributed by atoms with E-state index in [0.29, 0.717) is 6.42 Å². The number of hydrogen-bond donors (Lipinski definition) is 0. The highest BCUT2D eigenvalue weighted by Crippen LogP contribution is 2.15. The molecule has 26 heavy (non-hydrogen) atoms. The van der Waals surface area contributed by atoms with Crippen LogP contribution in [0, 0.1) is 0 Å². The van der Waals surface area contributed by atoms with Gasteiger partial charge in [-0.1, -0.05) is 24.3 Å². The van der Waals surface area contributed by atoms with Gasteiger partial charge in [0.1, 0.15) is 0 Å². The molecule has 1 saturated heterocycles. The van der Waals surface area contributed by atoms with Gasteiger partial charge < -0.3 is 4.90 Å². The van der Waals surface area contributed by atoms with Gasteiger partial charge in [-0.05, 0) is 29.3 Å². The first-order chi connectivity index (χ1) is 12.8. The average molecular weight is 346 g/mol. The third kappa shape index (κ3) is 3.89. The molecule has 0 atom stereocenters. The second kappa shape index (κ2) is 7.62. The molecule has 1 aromatic carbocycles. The molecule has 0 aliphatic carbocycles. The molecule has 3 aromatic rings. The van der Waals surface area contributed by atoms with Crippen molar-refractivity contribution < 1.29 is 4.79 Å². The summed E-state index contributed by atoms with van der Waals surface area (Å²) in [7, 11) is 0. The molecule has 4 rings (SSSR count). The molecule has 0 spiro atoms. The van der Waals surface area contributed by atoms with Gasteiger partial charge in [0.25, 0.3) is 0 Å². The van der Waals surface area contributed by atoms with E-state index < -0.39 is 0 Å². The van der Waals surface area contributed by atoms with E-state index in [1.807, 2.05) is 41.4 Å². The number of carbonyl (C=O) groups is 1. The first-order valence-electron chi connectivity index (χ1n) is 9.01. The summed E-state index contributed by atoms with van der Waals surface area (Å²) in [6.07, 6.45) is 5.89. The normalized spacial score (nSPS) is 15.3. The molecule has 0 bridgehead atoms. The maximum atomic E-state index is 12.4. The van der Waals surface area contributed by atoms with Crippen LogP contribution in [0.25, 0.3) is 10.9 Å². The van der Waals surface area contributed by atoms with Gasteiger partial charge in [0.15, 0.2) is 0 Å². The summed E-state index contributed by atoms with van der Waals surface area (Å²) in [5.41, 5.74) is 3.23. The minimum Gasteiger partial charge on any atom is -0.340 e. The lowest BCUT2D eigenvalue weighted by atomic mass is 10.1. The van der Waals surface area contributed by atoms with Crippen LogP contribution in [0.3, 0.4) is 0 Å². The van der Waals surface area contributed by atoms with Crippen LogP contribution in [0.4, 0.5) is 0 Å². The number of benzene rings is 1. The lowest BCUT2D eigenvalue weighted by Crippen LogP contribution is -2.48. The molecule has 1 aliphatic rings. The number of pyridine rings is 2. The van der Waals surface area contributed by atoms with Crippen molar-refractivity contribution in [2.75, 3.05) is 26.2 Å². The second-order valence-corrected chi connectivity index (χ2v) is 6.73. The molecular weight excluding hydrogens is 324 g/mol. The second-order valence-electron chi connectivity index (χ2n) is 6.73. The molecule has 0 N–H and O–H groups in total. The third-order valence-corrected chi connectivity index (χ3v) is 4.86. The smallest absolute Gasteiger partial charge is 0.227 e. The quantitative estimate of drug-likeness (QED) is 0.728. The van der Waals surface area contributed by atoms with E-state index >= 15 is 0 Å². The van der Waals surface area contributed by atoms with Crippen molar-refractivity contribution in [1.29, 1.82) is 0 Å². The van der Waals surface area contributed by atoms with Crippen LogP contribution in [-0.2, 0) is 17.8 Å². The molecule has 5 heteroatoms. The van der Waals surface area contributed by atoms with Crippen molar-refractivity contribution in [2.45, 2.75) is 13.0 Å². The molecule has 0 unspecified atom stereocenters. The Bertz CT molecular complexity index is 889. The topological polar surface area (TPSA) is 49.3 Å². The Morgan fingerprint density at radius 2 is 1.81 bits per heavy atom. The fourth-order valence-electron chi connectivity index (χ4n) is 3.41. The third-order valence-electron chi connectivity index (χ3n) is 4.86. The Morgan fingerprint density at radius 1 is 0.962 bits per heavy atom. The number of para-hydroxylation sites is 1. The van der Waals surface area contributed by atoms with Crippen LogP contribution in [0.2, 0.25) is 0 Å². The monoisotopic (exact) mass is 346 g/mol. The van der Waals surface area contributed by atoms with Crippen LogP contribution < -0.4 is 0 Å². The summed E-state index contributed by atoms with van der Waals surface area (Å²) in [4.78, 5) is 25.4. The van der Waals surface area contributed by atoms with Crippen LogP contribution >= 0.6 is 0 Å². The Kier molecular flexibility index (Phi) is 4.88. The summed E-state index contributed by atoms with van der Waals surface area (Å²) in [5.74, 6) is 0.185. The Labute approximate surface area is 153 Å². The summed E-state index contributed by atoms with van der Waals surface area (Å²) in [6, 6.07) is 14.2. The van der Waals surface area contributed by atoms with Crippen molar-refractivity contribution >= 4 is 16.8 Å². The molecule has 0 saturated carbocycles. The summed E-state index contributed by atoms with van der Waals surface area (Å²) in [5, 5.41) is 1.18. The molecule has 1 fully saturated rings. The molecular formula is C21H22N4O. The fourth-order valence-corrected chi connectivity index (χ4v) is 3.41. The summed E-state index contributed by atoms with van der Waals surface area (Å²) in [6.45, 7) is 4.22. The van der Waals surface area contributed by atoms with Gasteiger partial charge in [-0.15, -0.1) is 0 Å². The zero-order valence-corrected chi connectivity index (χ0v) is 14.7. The minimum atomic E-state index is 0.185. The number of amides is 1. The van der Waals surface area contributed by atoms with Gasteiger partial charge in [0, 0.05) is 56.7 Å². The standard InChI is InChI=1S/C21H22N4O/c26-21(13-17-4-3-7-22-14-17)25-10-8-24(9-11-25)16-18-12-19-5-1-2-6-20(19)23-15-18/h1-7,12,14-15H,8-11,13,16H2. The van der Waals surface area contributed by atoms with E-state index in [2.05, 4.69) is 27.0 Å².